The van der Waals surface area contributed by atoms with Gasteiger partial charge in [0.05, 0.1) is 13.2 Å². The van der Waals surface area contributed by atoms with Gasteiger partial charge in [0.1, 0.15) is 5.69 Å². The number of rotatable bonds is 5. The van der Waals surface area contributed by atoms with Gasteiger partial charge in [-0.25, -0.2) is 4.79 Å². The molecule has 2 aromatic carbocycles. The molecule has 6 nitrogen and oxygen atoms in total. The van der Waals surface area contributed by atoms with Crippen LogP contribution >= 0.6 is 0 Å². The van der Waals surface area contributed by atoms with Crippen LogP contribution in [0.25, 0.3) is 0 Å². The van der Waals surface area contributed by atoms with Gasteiger partial charge < -0.3 is 10.2 Å². The summed E-state index contributed by atoms with van der Waals surface area (Å²) in [5.74, 6) is -0.0274. The topological polar surface area (TPSA) is 52.7 Å². The molecule has 2 heterocycles. The maximum Gasteiger partial charge on any atom is 0.433 e. The number of nitrogens with one attached hydrogen (secondary N) is 1. The molecule has 3 aliphatic rings. The standard InChI is InChI=1S/C28H35N4O2/c1-32(25-15-9-4-10-16-25)26(21-31(28(32)34)23-13-7-3-8-14-23)27(33)30-18-17-29-20-24(30)19-22-11-5-2-6-12-22/h2,4-6,9-12,15-16,21,23-24,29H,3,7-8,13-14,17-20H2,1H3/q+1/t24?,32-/m1/s1. The number of nitrogens with zero attached hydrogens (tertiary/aromatic N) is 3. The zero-order valence-electron chi connectivity index (χ0n) is 20.0. The maximum atomic E-state index is 14.2. The molecule has 2 aromatic rings. The number of benzene rings is 2. The van der Waals surface area contributed by atoms with E-state index in [1.165, 1.54) is 12.0 Å². The van der Waals surface area contributed by atoms with E-state index < -0.39 is 0 Å². The van der Waals surface area contributed by atoms with E-state index in [9.17, 15) is 9.59 Å². The Morgan fingerprint density at radius 2 is 1.68 bits per heavy atom. The van der Waals surface area contributed by atoms with Crippen molar-refractivity contribution in [1.82, 2.24) is 19.6 Å². The van der Waals surface area contributed by atoms with Gasteiger partial charge in [-0.2, -0.15) is 4.48 Å². The van der Waals surface area contributed by atoms with Crippen LogP contribution in [-0.2, 0) is 11.2 Å². The molecule has 178 valence electrons. The van der Waals surface area contributed by atoms with Gasteiger partial charge in [-0.1, -0.05) is 67.8 Å². The Kier molecular flexibility index (Phi) is 6.53. The number of piperazine rings is 1. The van der Waals surface area contributed by atoms with Crippen LogP contribution in [0, 0.1) is 0 Å². The van der Waals surface area contributed by atoms with E-state index in [0.29, 0.717) is 12.2 Å². The molecule has 0 radical (unpaired) electrons. The first-order valence-electron chi connectivity index (χ1n) is 12.6. The highest BCUT2D eigenvalue weighted by Crippen LogP contribution is 2.38. The molecule has 0 aromatic heterocycles. The van der Waals surface area contributed by atoms with Gasteiger partial charge in [-0.15, -0.1) is 0 Å². The van der Waals surface area contributed by atoms with Crippen LogP contribution in [0.15, 0.2) is 72.6 Å². The number of amides is 3. The zero-order valence-corrected chi connectivity index (χ0v) is 20.0. The molecule has 0 spiro atoms. The molecule has 2 fully saturated rings. The van der Waals surface area contributed by atoms with Crippen molar-refractivity contribution in [1.29, 1.82) is 0 Å². The lowest BCUT2D eigenvalue weighted by molar-refractivity contribution is -0.131. The minimum Gasteiger partial charge on any atom is -0.328 e. The van der Waals surface area contributed by atoms with Gasteiger partial charge >= 0.3 is 11.9 Å². The fraction of sp³-hybridized carbons (Fsp3) is 0.429. The molecule has 6 heteroatoms. The molecule has 1 N–H and O–H groups in total. The normalized spacial score (nSPS) is 26.0. The van der Waals surface area contributed by atoms with Crippen molar-refractivity contribution in [2.24, 2.45) is 0 Å². The lowest BCUT2D eigenvalue weighted by atomic mass is 9.94. The smallest absolute Gasteiger partial charge is 0.328 e. The average Bonchev–Trinajstić information content (AvgIpc) is 3.17. The minimum absolute atomic E-state index is 0.0174. The predicted octanol–water partition coefficient (Wildman–Crippen LogP) is 4.28. The Bertz CT molecular complexity index is 1050. The summed E-state index contributed by atoms with van der Waals surface area (Å²) in [6, 6.07) is 20.3. The summed E-state index contributed by atoms with van der Waals surface area (Å²) in [6.07, 6.45) is 8.18. The molecular weight excluding hydrogens is 424 g/mol. The summed E-state index contributed by atoms with van der Waals surface area (Å²) in [7, 11) is 1.89. The second kappa shape index (κ2) is 9.72. The number of quaternary nitrogens is 1. The number of carbonyl (C=O) groups is 2. The third-order valence-corrected chi connectivity index (χ3v) is 7.73. The first-order chi connectivity index (χ1) is 16.6. The van der Waals surface area contributed by atoms with Crippen molar-refractivity contribution in [3.05, 3.63) is 78.1 Å². The van der Waals surface area contributed by atoms with Gasteiger partial charge in [0.2, 0.25) is 5.70 Å². The van der Waals surface area contributed by atoms with Gasteiger partial charge in [0.25, 0.3) is 0 Å². The van der Waals surface area contributed by atoms with Crippen molar-refractivity contribution in [3.63, 3.8) is 0 Å². The van der Waals surface area contributed by atoms with E-state index in [-0.39, 0.29) is 28.5 Å². The molecule has 5 rings (SSSR count). The Labute approximate surface area is 202 Å². The molecule has 0 bridgehead atoms. The second-order valence-electron chi connectivity index (χ2n) is 9.88. The molecule has 1 saturated carbocycles. The van der Waals surface area contributed by atoms with E-state index in [2.05, 4.69) is 17.4 Å². The van der Waals surface area contributed by atoms with Crippen LogP contribution in [0.5, 0.6) is 0 Å². The third kappa shape index (κ3) is 4.17. The van der Waals surface area contributed by atoms with E-state index in [4.69, 9.17) is 0 Å². The number of para-hydroxylation sites is 1. The fourth-order valence-corrected chi connectivity index (χ4v) is 5.72. The molecule has 2 atom stereocenters. The van der Waals surface area contributed by atoms with E-state index in [1.54, 1.807) is 0 Å². The Morgan fingerprint density at radius 3 is 2.38 bits per heavy atom. The summed E-state index contributed by atoms with van der Waals surface area (Å²) in [5, 5.41) is 3.46. The first kappa shape index (κ1) is 22.8. The van der Waals surface area contributed by atoms with E-state index >= 15 is 0 Å². The van der Waals surface area contributed by atoms with Crippen molar-refractivity contribution in [2.75, 3.05) is 26.7 Å². The van der Waals surface area contributed by atoms with Crippen molar-refractivity contribution in [2.45, 2.75) is 50.6 Å². The van der Waals surface area contributed by atoms with Crippen LogP contribution in [0.3, 0.4) is 0 Å². The van der Waals surface area contributed by atoms with Crippen LogP contribution in [0.1, 0.15) is 37.7 Å². The number of urea groups is 1. The van der Waals surface area contributed by atoms with Crippen molar-refractivity contribution < 1.29 is 9.59 Å². The van der Waals surface area contributed by atoms with E-state index in [0.717, 1.165) is 50.9 Å². The molecule has 2 aliphatic heterocycles. The highest BCUT2D eigenvalue weighted by atomic mass is 16.2. The Hall–Kier alpha value is -2.96. The molecule has 1 unspecified atom stereocenters. The number of carbonyl (C=O) groups excluding carboxylic acids is 2. The highest BCUT2D eigenvalue weighted by Gasteiger charge is 2.54. The van der Waals surface area contributed by atoms with Crippen LogP contribution < -0.4 is 9.80 Å². The third-order valence-electron chi connectivity index (χ3n) is 7.73. The van der Waals surface area contributed by atoms with E-state index in [1.807, 2.05) is 71.6 Å². The number of likely N-dealkylation sites (N-methyl/N-ethyl adjacent to an activating group) is 1. The van der Waals surface area contributed by atoms with Gasteiger partial charge in [-0.05, 0) is 24.8 Å². The van der Waals surface area contributed by atoms with Gasteiger partial charge in [-0.3, -0.25) is 9.69 Å². The summed E-state index contributed by atoms with van der Waals surface area (Å²) in [6.45, 7) is 2.16. The largest absolute Gasteiger partial charge is 0.433 e. The van der Waals surface area contributed by atoms with Gasteiger partial charge in [0.15, 0.2) is 0 Å². The highest BCUT2D eigenvalue weighted by molar-refractivity contribution is 6.07. The van der Waals surface area contributed by atoms with Crippen LogP contribution in [0.4, 0.5) is 10.5 Å². The summed E-state index contributed by atoms with van der Waals surface area (Å²) in [5.41, 5.74) is 2.61. The fourth-order valence-electron chi connectivity index (χ4n) is 5.72. The minimum atomic E-state index is -0.0990. The molecule has 3 amide bonds. The quantitative estimate of drug-likeness (QED) is 0.679. The lowest BCUT2D eigenvalue weighted by Gasteiger charge is -2.38. The Morgan fingerprint density at radius 1 is 1.00 bits per heavy atom. The summed E-state index contributed by atoms with van der Waals surface area (Å²) in [4.78, 5) is 32.0. The Balaban J connectivity index is 1.49. The second-order valence-corrected chi connectivity index (χ2v) is 9.88. The molecule has 1 saturated heterocycles. The maximum absolute atomic E-state index is 14.2. The molecule has 1 aliphatic carbocycles. The van der Waals surface area contributed by atoms with Crippen LogP contribution in [0.2, 0.25) is 0 Å². The summed E-state index contributed by atoms with van der Waals surface area (Å²) >= 11 is 0. The van der Waals surface area contributed by atoms with Crippen molar-refractivity contribution >= 4 is 17.6 Å². The molecular formula is C28H35N4O2+. The lowest BCUT2D eigenvalue weighted by Crippen LogP contribution is -2.59. The molecule has 34 heavy (non-hydrogen) atoms. The summed E-state index contributed by atoms with van der Waals surface area (Å²) < 4.78 is -0.0990. The zero-order chi connectivity index (χ0) is 23.5. The van der Waals surface area contributed by atoms with Crippen LogP contribution in [-0.4, -0.2) is 60.5 Å². The van der Waals surface area contributed by atoms with Gasteiger partial charge in [0, 0.05) is 43.9 Å². The first-order valence-corrected chi connectivity index (χ1v) is 12.6. The average molecular weight is 460 g/mol. The van der Waals surface area contributed by atoms with Crippen molar-refractivity contribution in [3.8, 4) is 0 Å². The predicted molar refractivity (Wildman–Crippen MR) is 135 cm³/mol. The number of hydrogen-bond acceptors (Lipinski definition) is 3. The SMILES string of the molecule is C[N@+]1(c2ccccc2)C(=O)N(C2CCCCC2)C=C1C(=O)N1CCNCC1Cc1ccccc1. The number of hydrogen-bond donors (Lipinski definition) is 1. The monoisotopic (exact) mass is 459 g/mol.